The quantitative estimate of drug-likeness (QED) is 0.886. The van der Waals surface area contributed by atoms with E-state index in [1.54, 1.807) is 12.1 Å². The van der Waals surface area contributed by atoms with E-state index in [1.807, 2.05) is 18.2 Å². The summed E-state index contributed by atoms with van der Waals surface area (Å²) in [5, 5.41) is 3.52. The van der Waals surface area contributed by atoms with Gasteiger partial charge in [-0.2, -0.15) is 0 Å². The third kappa shape index (κ3) is 2.72. The van der Waals surface area contributed by atoms with Gasteiger partial charge >= 0.3 is 0 Å². The molecule has 0 saturated heterocycles. The first-order valence-corrected chi connectivity index (χ1v) is 7.28. The molecule has 19 heavy (non-hydrogen) atoms. The van der Waals surface area contributed by atoms with Gasteiger partial charge < -0.3 is 5.32 Å². The second-order valence-corrected chi connectivity index (χ2v) is 5.82. The molecule has 0 bridgehead atoms. The molecule has 1 unspecified atom stereocenters. The molecule has 0 fully saturated rings. The Morgan fingerprint density at radius 3 is 2.74 bits per heavy atom. The van der Waals surface area contributed by atoms with Crippen LogP contribution in [0.15, 0.2) is 46.9 Å². The second kappa shape index (κ2) is 5.43. The van der Waals surface area contributed by atoms with Crippen molar-refractivity contribution in [2.45, 2.75) is 25.4 Å². The fourth-order valence-electron chi connectivity index (χ4n) is 2.67. The second-order valence-electron chi connectivity index (χ2n) is 4.91. The smallest absolute Gasteiger partial charge is 0.126 e. The number of benzene rings is 2. The van der Waals surface area contributed by atoms with Crippen molar-refractivity contribution in [3.63, 3.8) is 0 Å². The molecule has 0 aromatic heterocycles. The molecule has 0 aliphatic heterocycles. The lowest BCUT2D eigenvalue weighted by atomic mass is 10.1. The van der Waals surface area contributed by atoms with Gasteiger partial charge in [-0.1, -0.05) is 40.2 Å². The lowest BCUT2D eigenvalue weighted by Crippen LogP contribution is -2.18. The van der Waals surface area contributed by atoms with Crippen LogP contribution < -0.4 is 5.32 Å². The maximum atomic E-state index is 13.6. The maximum Gasteiger partial charge on any atom is 0.126 e. The van der Waals surface area contributed by atoms with Gasteiger partial charge in [-0.3, -0.25) is 0 Å². The van der Waals surface area contributed by atoms with Gasteiger partial charge in [0.2, 0.25) is 0 Å². The highest BCUT2D eigenvalue weighted by Gasteiger charge is 2.24. The molecule has 0 spiro atoms. The fourth-order valence-corrected chi connectivity index (χ4v) is 2.93. The highest BCUT2D eigenvalue weighted by atomic mass is 79.9. The van der Waals surface area contributed by atoms with Crippen molar-refractivity contribution in [1.29, 1.82) is 0 Å². The normalized spacial score (nSPS) is 17.5. The average Bonchev–Trinajstić information content (AvgIpc) is 2.83. The molecule has 0 heterocycles. The van der Waals surface area contributed by atoms with Gasteiger partial charge in [-0.25, -0.2) is 4.39 Å². The van der Waals surface area contributed by atoms with Crippen LogP contribution in [-0.2, 0) is 13.0 Å². The van der Waals surface area contributed by atoms with E-state index in [9.17, 15) is 4.39 Å². The summed E-state index contributed by atoms with van der Waals surface area (Å²) in [5.41, 5.74) is 3.25. The van der Waals surface area contributed by atoms with E-state index in [2.05, 4.69) is 33.4 Å². The molecule has 1 nitrogen and oxygen atoms in total. The summed E-state index contributed by atoms with van der Waals surface area (Å²) in [6.45, 7) is 0.813. The predicted octanol–water partition coefficient (Wildman–Crippen LogP) is 4.37. The van der Waals surface area contributed by atoms with E-state index < -0.39 is 0 Å². The molecule has 3 rings (SSSR count). The molecule has 0 saturated carbocycles. The number of fused-ring (bicyclic) bond motifs is 1. The Bertz CT molecular complexity index is 580. The number of hydrogen-bond donors (Lipinski definition) is 1. The minimum Gasteiger partial charge on any atom is -0.306 e. The first-order valence-electron chi connectivity index (χ1n) is 6.49. The van der Waals surface area contributed by atoms with Crippen molar-refractivity contribution in [1.82, 2.24) is 5.32 Å². The summed E-state index contributed by atoms with van der Waals surface area (Å²) >= 11 is 3.43. The molecule has 3 heteroatoms. The lowest BCUT2D eigenvalue weighted by Gasteiger charge is -2.14. The summed E-state index contributed by atoms with van der Waals surface area (Å²) in [6, 6.07) is 13.9. The highest BCUT2D eigenvalue weighted by molar-refractivity contribution is 9.10. The van der Waals surface area contributed by atoms with Crippen LogP contribution in [0.5, 0.6) is 0 Å². The van der Waals surface area contributed by atoms with Crippen LogP contribution in [0.3, 0.4) is 0 Å². The Labute approximate surface area is 121 Å². The Morgan fingerprint density at radius 2 is 1.95 bits per heavy atom. The highest BCUT2D eigenvalue weighted by Crippen LogP contribution is 2.32. The Balaban J connectivity index is 1.70. The van der Waals surface area contributed by atoms with Gasteiger partial charge in [-0.05, 0) is 47.7 Å². The molecule has 1 aliphatic rings. The van der Waals surface area contributed by atoms with Crippen LogP contribution in [0.4, 0.5) is 4.39 Å². The summed E-state index contributed by atoms with van der Waals surface area (Å²) in [5.74, 6) is -0.0644. The molecule has 98 valence electrons. The number of nitrogens with one attached hydrogen (secondary N) is 1. The Morgan fingerprint density at radius 1 is 1.16 bits per heavy atom. The number of rotatable bonds is 3. The summed E-state index contributed by atoms with van der Waals surface area (Å²) in [4.78, 5) is 0. The molecule has 1 atom stereocenters. The van der Waals surface area contributed by atoms with E-state index in [4.69, 9.17) is 0 Å². The monoisotopic (exact) mass is 319 g/mol. The zero-order valence-corrected chi connectivity index (χ0v) is 12.1. The number of hydrogen-bond acceptors (Lipinski definition) is 1. The van der Waals surface area contributed by atoms with E-state index in [-0.39, 0.29) is 11.9 Å². The van der Waals surface area contributed by atoms with Crippen molar-refractivity contribution < 1.29 is 4.39 Å². The summed E-state index contributed by atoms with van der Waals surface area (Å²) < 4.78 is 14.7. The topological polar surface area (TPSA) is 12.0 Å². The molecular weight excluding hydrogens is 305 g/mol. The van der Waals surface area contributed by atoms with Crippen LogP contribution >= 0.6 is 15.9 Å². The minimum absolute atomic E-state index is 0.0644. The van der Waals surface area contributed by atoms with Gasteiger partial charge in [0.05, 0.1) is 0 Å². The zero-order chi connectivity index (χ0) is 13.2. The van der Waals surface area contributed by atoms with Gasteiger partial charge in [0.1, 0.15) is 5.82 Å². The van der Waals surface area contributed by atoms with Crippen LogP contribution in [0.1, 0.15) is 29.2 Å². The first kappa shape index (κ1) is 12.8. The molecule has 2 aromatic rings. The van der Waals surface area contributed by atoms with Crippen LogP contribution in [0.2, 0.25) is 0 Å². The van der Waals surface area contributed by atoms with E-state index in [0.717, 1.165) is 35.0 Å². The zero-order valence-electron chi connectivity index (χ0n) is 10.5. The van der Waals surface area contributed by atoms with Crippen molar-refractivity contribution >= 4 is 15.9 Å². The van der Waals surface area contributed by atoms with Crippen LogP contribution in [0, 0.1) is 5.82 Å². The van der Waals surface area contributed by atoms with Crippen molar-refractivity contribution in [2.24, 2.45) is 0 Å². The SMILES string of the molecule is Fc1cccc2c1CCC2NCc1ccc(Br)cc1. The first-order chi connectivity index (χ1) is 9.24. The molecule has 2 aromatic carbocycles. The Hall–Kier alpha value is -1.19. The van der Waals surface area contributed by atoms with E-state index in [1.165, 1.54) is 5.56 Å². The van der Waals surface area contributed by atoms with Gasteiger partial charge in [0.25, 0.3) is 0 Å². The van der Waals surface area contributed by atoms with Gasteiger partial charge in [0, 0.05) is 17.1 Å². The molecule has 1 aliphatic carbocycles. The van der Waals surface area contributed by atoms with Crippen molar-refractivity contribution in [3.05, 3.63) is 69.4 Å². The summed E-state index contributed by atoms with van der Waals surface area (Å²) in [7, 11) is 0. The predicted molar refractivity (Wildman–Crippen MR) is 78.4 cm³/mol. The third-order valence-electron chi connectivity index (χ3n) is 3.68. The van der Waals surface area contributed by atoms with E-state index in [0.29, 0.717) is 0 Å². The van der Waals surface area contributed by atoms with Gasteiger partial charge in [0.15, 0.2) is 0 Å². The molecule has 0 radical (unpaired) electrons. The average molecular weight is 320 g/mol. The van der Waals surface area contributed by atoms with Crippen LogP contribution in [-0.4, -0.2) is 0 Å². The standard InChI is InChI=1S/C16H15BrFN/c17-12-6-4-11(5-7-12)10-19-16-9-8-13-14(16)2-1-3-15(13)18/h1-7,16,19H,8-10H2. The Kier molecular flexibility index (Phi) is 3.67. The largest absolute Gasteiger partial charge is 0.306 e. The third-order valence-corrected chi connectivity index (χ3v) is 4.21. The summed E-state index contributed by atoms with van der Waals surface area (Å²) in [6.07, 6.45) is 1.81. The van der Waals surface area contributed by atoms with Crippen molar-refractivity contribution in [2.75, 3.05) is 0 Å². The maximum absolute atomic E-state index is 13.6. The molecular formula is C16H15BrFN. The van der Waals surface area contributed by atoms with Gasteiger partial charge in [-0.15, -0.1) is 0 Å². The van der Waals surface area contributed by atoms with Crippen LogP contribution in [0.25, 0.3) is 0 Å². The van der Waals surface area contributed by atoms with Crippen molar-refractivity contribution in [3.8, 4) is 0 Å². The number of halogens is 2. The fraction of sp³-hybridized carbons (Fsp3) is 0.250. The molecule has 0 amide bonds. The molecule has 1 N–H and O–H groups in total. The lowest BCUT2D eigenvalue weighted by molar-refractivity contribution is 0.530. The van der Waals surface area contributed by atoms with E-state index >= 15 is 0 Å². The minimum atomic E-state index is -0.0644.